The molecule has 0 bridgehead atoms. The van der Waals surface area contributed by atoms with Crippen molar-refractivity contribution in [2.75, 3.05) is 11.9 Å². The second-order valence-corrected chi connectivity index (χ2v) is 7.28. The van der Waals surface area contributed by atoms with E-state index in [-0.39, 0.29) is 18.2 Å². The maximum atomic E-state index is 12.6. The molecule has 0 unspecified atom stereocenters. The Morgan fingerprint density at radius 2 is 1.73 bits per heavy atom. The number of H-pyrrole nitrogens is 1. The summed E-state index contributed by atoms with van der Waals surface area (Å²) in [6.45, 7) is 10.9. The first kappa shape index (κ1) is 23.2. The molecule has 0 aliphatic heterocycles. The number of carbonyl (C=O) groups is 3. The average molecular weight is 415 g/mol. The third-order valence-corrected chi connectivity index (χ3v) is 5.14. The van der Waals surface area contributed by atoms with Crippen LogP contribution in [0.3, 0.4) is 0 Å². The molecular weight excluding hydrogens is 384 g/mol. The number of esters is 2. The zero-order chi connectivity index (χ0) is 22.4. The molecule has 1 aromatic heterocycles. The van der Waals surface area contributed by atoms with Crippen molar-refractivity contribution in [3.05, 3.63) is 52.3 Å². The van der Waals surface area contributed by atoms with Gasteiger partial charge in [0.2, 0.25) is 0 Å². The Bertz CT molecular complexity index is 932. The lowest BCUT2D eigenvalue weighted by atomic mass is 9.97. The molecule has 7 nitrogen and oxygen atoms in total. The number of amides is 1. The summed E-state index contributed by atoms with van der Waals surface area (Å²) in [6, 6.07) is 7.58. The topological polar surface area (TPSA) is 97.5 Å². The number of anilines is 1. The van der Waals surface area contributed by atoms with Crippen LogP contribution in [0.4, 0.5) is 5.69 Å². The zero-order valence-electron chi connectivity index (χ0n) is 18.4. The average Bonchev–Trinajstić information content (AvgIpc) is 3.02. The number of hydrogen-bond donors (Lipinski definition) is 2. The van der Waals surface area contributed by atoms with E-state index in [1.165, 1.54) is 6.92 Å². The summed E-state index contributed by atoms with van der Waals surface area (Å²) < 4.78 is 10.4. The minimum absolute atomic E-state index is 0.134. The zero-order valence-corrected chi connectivity index (χ0v) is 18.4. The molecule has 162 valence electrons. The second-order valence-electron chi connectivity index (χ2n) is 7.28. The van der Waals surface area contributed by atoms with E-state index in [4.69, 9.17) is 9.47 Å². The van der Waals surface area contributed by atoms with Gasteiger partial charge in [-0.2, -0.15) is 0 Å². The van der Waals surface area contributed by atoms with Crippen LogP contribution in [-0.4, -0.2) is 35.5 Å². The van der Waals surface area contributed by atoms with Crippen molar-refractivity contribution in [1.29, 1.82) is 0 Å². The fraction of sp³-hybridized carbons (Fsp3) is 0.435. The highest BCUT2D eigenvalue weighted by molar-refractivity contribution is 6.00. The summed E-state index contributed by atoms with van der Waals surface area (Å²) in [6.07, 6.45) is -0.0809. The van der Waals surface area contributed by atoms with E-state index in [9.17, 15) is 14.4 Å². The maximum Gasteiger partial charge on any atom is 0.355 e. The Kier molecular flexibility index (Phi) is 7.80. The van der Waals surface area contributed by atoms with Crippen LogP contribution in [-0.2, 0) is 14.3 Å². The molecule has 0 saturated heterocycles. The van der Waals surface area contributed by atoms with E-state index in [0.717, 1.165) is 12.0 Å². The molecule has 2 aromatic rings. The van der Waals surface area contributed by atoms with Gasteiger partial charge in [-0.1, -0.05) is 32.0 Å². The highest BCUT2D eigenvalue weighted by atomic mass is 16.5. The van der Waals surface area contributed by atoms with E-state index in [1.807, 2.05) is 24.3 Å². The van der Waals surface area contributed by atoms with E-state index in [0.29, 0.717) is 22.5 Å². The smallest absolute Gasteiger partial charge is 0.355 e. The summed E-state index contributed by atoms with van der Waals surface area (Å²) in [5, 5.41) is 2.85. The van der Waals surface area contributed by atoms with Crippen LogP contribution in [0.15, 0.2) is 24.3 Å². The molecule has 1 aromatic carbocycles. The third kappa shape index (κ3) is 5.09. The summed E-state index contributed by atoms with van der Waals surface area (Å²) in [5.74, 6) is -1.35. The Balaban J connectivity index is 2.13. The van der Waals surface area contributed by atoms with Gasteiger partial charge in [0.25, 0.3) is 5.91 Å². The SMILES string of the molecule is CCOC(=O)c1c(C)[nH]c(C(=O)O[C@H](C)C(=O)Nc2ccccc2[C@H](C)CC)c1C. The number of para-hydroxylation sites is 1. The van der Waals surface area contributed by atoms with Gasteiger partial charge >= 0.3 is 11.9 Å². The molecule has 0 aliphatic rings. The van der Waals surface area contributed by atoms with E-state index in [2.05, 4.69) is 24.1 Å². The van der Waals surface area contributed by atoms with Crippen LogP contribution >= 0.6 is 0 Å². The maximum absolute atomic E-state index is 12.6. The van der Waals surface area contributed by atoms with Gasteiger partial charge in [0.15, 0.2) is 6.10 Å². The van der Waals surface area contributed by atoms with Gasteiger partial charge in [-0.05, 0) is 57.2 Å². The number of aromatic nitrogens is 1. The molecule has 1 heterocycles. The number of aromatic amines is 1. The Morgan fingerprint density at radius 1 is 1.07 bits per heavy atom. The fourth-order valence-corrected chi connectivity index (χ4v) is 3.23. The molecule has 30 heavy (non-hydrogen) atoms. The van der Waals surface area contributed by atoms with Gasteiger partial charge in [0.1, 0.15) is 5.69 Å². The molecule has 0 spiro atoms. The largest absolute Gasteiger partial charge is 0.462 e. The minimum atomic E-state index is -1.02. The van der Waals surface area contributed by atoms with Gasteiger partial charge in [-0.3, -0.25) is 4.79 Å². The number of aryl methyl sites for hydroxylation is 1. The van der Waals surface area contributed by atoms with Crippen LogP contribution in [0.5, 0.6) is 0 Å². The second kappa shape index (κ2) is 10.1. The molecule has 7 heteroatoms. The predicted molar refractivity (Wildman–Crippen MR) is 115 cm³/mol. The number of nitrogens with one attached hydrogen (secondary N) is 2. The summed E-state index contributed by atoms with van der Waals surface area (Å²) in [5.41, 5.74) is 3.12. The highest BCUT2D eigenvalue weighted by Crippen LogP contribution is 2.27. The normalized spacial score (nSPS) is 12.7. The van der Waals surface area contributed by atoms with Crippen LogP contribution in [0.1, 0.15) is 77.7 Å². The number of carbonyl (C=O) groups excluding carboxylic acids is 3. The molecule has 2 N–H and O–H groups in total. The number of rotatable bonds is 8. The first-order valence-electron chi connectivity index (χ1n) is 10.2. The van der Waals surface area contributed by atoms with Crippen molar-refractivity contribution in [1.82, 2.24) is 4.98 Å². The van der Waals surface area contributed by atoms with Crippen LogP contribution in [0.25, 0.3) is 0 Å². The standard InChI is InChI=1S/C23H30N2O5/c1-7-13(3)17-11-9-10-12-18(17)25-21(26)16(6)30-23(28)20-14(4)19(15(5)24-20)22(27)29-8-2/h9-13,16,24H,7-8H2,1-6H3,(H,25,26)/t13-,16-/m1/s1. The van der Waals surface area contributed by atoms with Crippen LogP contribution in [0.2, 0.25) is 0 Å². The van der Waals surface area contributed by atoms with E-state index >= 15 is 0 Å². The van der Waals surface area contributed by atoms with Crippen molar-refractivity contribution in [3.8, 4) is 0 Å². The van der Waals surface area contributed by atoms with Gasteiger partial charge in [-0.15, -0.1) is 0 Å². The molecule has 2 atom stereocenters. The number of hydrogen-bond acceptors (Lipinski definition) is 5. The van der Waals surface area contributed by atoms with Crippen molar-refractivity contribution < 1.29 is 23.9 Å². The monoisotopic (exact) mass is 414 g/mol. The molecule has 1 amide bonds. The van der Waals surface area contributed by atoms with Crippen molar-refractivity contribution in [3.63, 3.8) is 0 Å². The molecular formula is C23H30N2O5. The van der Waals surface area contributed by atoms with Gasteiger partial charge in [0, 0.05) is 11.4 Å². The van der Waals surface area contributed by atoms with Gasteiger partial charge in [0.05, 0.1) is 12.2 Å². The van der Waals surface area contributed by atoms with Gasteiger partial charge in [-0.25, -0.2) is 9.59 Å². The quantitative estimate of drug-likeness (QED) is 0.620. The lowest BCUT2D eigenvalue weighted by molar-refractivity contribution is -0.123. The van der Waals surface area contributed by atoms with E-state index in [1.54, 1.807) is 20.8 Å². The summed E-state index contributed by atoms with van der Waals surface area (Å²) in [7, 11) is 0. The lowest BCUT2D eigenvalue weighted by Gasteiger charge is -2.18. The summed E-state index contributed by atoms with van der Waals surface area (Å²) in [4.78, 5) is 40.2. The first-order valence-corrected chi connectivity index (χ1v) is 10.2. The van der Waals surface area contributed by atoms with Crippen molar-refractivity contribution in [2.24, 2.45) is 0 Å². The summed E-state index contributed by atoms with van der Waals surface area (Å²) >= 11 is 0. The first-order chi connectivity index (χ1) is 14.2. The molecule has 0 radical (unpaired) electrons. The Morgan fingerprint density at radius 3 is 2.37 bits per heavy atom. The minimum Gasteiger partial charge on any atom is -0.462 e. The molecule has 0 saturated carbocycles. The van der Waals surface area contributed by atoms with Gasteiger partial charge < -0.3 is 19.8 Å². The molecule has 0 aliphatic carbocycles. The Hall–Kier alpha value is -3.09. The Labute approximate surface area is 177 Å². The number of ether oxygens (including phenoxy) is 2. The highest BCUT2D eigenvalue weighted by Gasteiger charge is 2.26. The van der Waals surface area contributed by atoms with Crippen molar-refractivity contribution in [2.45, 2.75) is 60.0 Å². The van der Waals surface area contributed by atoms with E-state index < -0.39 is 23.9 Å². The van der Waals surface area contributed by atoms with Crippen LogP contribution < -0.4 is 5.32 Å². The molecule has 2 rings (SSSR count). The fourth-order valence-electron chi connectivity index (χ4n) is 3.23. The third-order valence-electron chi connectivity index (χ3n) is 5.14. The van der Waals surface area contributed by atoms with Crippen LogP contribution in [0, 0.1) is 13.8 Å². The lowest BCUT2D eigenvalue weighted by Crippen LogP contribution is -2.30. The molecule has 0 fully saturated rings. The predicted octanol–water partition coefficient (Wildman–Crippen LogP) is 4.51. The number of benzene rings is 1. The van der Waals surface area contributed by atoms with Crippen molar-refractivity contribution >= 4 is 23.5 Å².